The number of aromatic amines is 1. The standard InChI is InChI=1S/C18H17Cl2N3O2S/c1-3-25-12-5-7-15-16(9-12)23-18(22-15)26-10(2)17(24)21-14-6-4-11(19)8-13(14)20/h4-10H,3H2,1-2H3,(H,21,24)(H,22,23). The number of carbonyl (C=O) groups excluding carboxylic acids is 1. The average Bonchev–Trinajstić information content (AvgIpc) is 2.99. The number of anilines is 1. The van der Waals surface area contributed by atoms with Gasteiger partial charge in [-0.1, -0.05) is 35.0 Å². The smallest absolute Gasteiger partial charge is 0.237 e. The van der Waals surface area contributed by atoms with Crippen molar-refractivity contribution in [1.82, 2.24) is 9.97 Å². The van der Waals surface area contributed by atoms with E-state index in [1.807, 2.05) is 32.0 Å². The third kappa shape index (κ3) is 4.44. The fraction of sp³-hybridized carbons (Fsp3) is 0.222. The van der Waals surface area contributed by atoms with Crippen LogP contribution in [-0.4, -0.2) is 27.7 Å². The van der Waals surface area contributed by atoms with Crippen LogP contribution in [0.1, 0.15) is 13.8 Å². The van der Waals surface area contributed by atoms with Gasteiger partial charge in [0.2, 0.25) is 5.91 Å². The van der Waals surface area contributed by atoms with Gasteiger partial charge in [0.05, 0.1) is 33.6 Å². The van der Waals surface area contributed by atoms with E-state index in [1.54, 1.807) is 18.2 Å². The highest BCUT2D eigenvalue weighted by Crippen LogP contribution is 2.29. The Bertz CT molecular complexity index is 945. The molecule has 0 aliphatic rings. The summed E-state index contributed by atoms with van der Waals surface area (Å²) in [7, 11) is 0. The summed E-state index contributed by atoms with van der Waals surface area (Å²) in [6.45, 7) is 4.35. The number of rotatable bonds is 6. The number of halogens is 2. The number of thioether (sulfide) groups is 1. The average molecular weight is 410 g/mol. The summed E-state index contributed by atoms with van der Waals surface area (Å²) in [6, 6.07) is 10.6. The Labute approximate surface area is 165 Å². The first-order valence-electron chi connectivity index (χ1n) is 8.01. The Hall–Kier alpha value is -1.89. The zero-order valence-corrected chi connectivity index (χ0v) is 16.5. The molecule has 0 radical (unpaired) electrons. The van der Waals surface area contributed by atoms with E-state index in [-0.39, 0.29) is 11.2 Å². The molecule has 1 atom stereocenters. The molecule has 3 rings (SSSR count). The Morgan fingerprint density at radius 1 is 1.31 bits per heavy atom. The molecule has 0 aliphatic carbocycles. The normalized spacial score (nSPS) is 12.2. The van der Waals surface area contributed by atoms with E-state index in [9.17, 15) is 4.79 Å². The number of amides is 1. The minimum absolute atomic E-state index is 0.172. The zero-order chi connectivity index (χ0) is 18.7. The Morgan fingerprint density at radius 3 is 2.85 bits per heavy atom. The molecule has 0 fully saturated rings. The van der Waals surface area contributed by atoms with Gasteiger partial charge in [-0.3, -0.25) is 4.79 Å². The molecule has 0 aliphatic heterocycles. The van der Waals surface area contributed by atoms with Gasteiger partial charge in [-0.15, -0.1) is 0 Å². The summed E-state index contributed by atoms with van der Waals surface area (Å²) in [5.41, 5.74) is 2.22. The van der Waals surface area contributed by atoms with Crippen LogP contribution in [0, 0.1) is 0 Å². The minimum atomic E-state index is -0.367. The van der Waals surface area contributed by atoms with Crippen molar-refractivity contribution in [2.45, 2.75) is 24.3 Å². The highest BCUT2D eigenvalue weighted by atomic mass is 35.5. The van der Waals surface area contributed by atoms with Crippen molar-refractivity contribution < 1.29 is 9.53 Å². The quantitative estimate of drug-likeness (QED) is 0.535. The second-order valence-electron chi connectivity index (χ2n) is 5.53. The molecule has 2 aromatic carbocycles. The molecule has 5 nitrogen and oxygen atoms in total. The lowest BCUT2D eigenvalue weighted by Crippen LogP contribution is -2.22. The summed E-state index contributed by atoms with van der Waals surface area (Å²) in [5.74, 6) is 0.609. The van der Waals surface area contributed by atoms with Crippen molar-refractivity contribution in [3.05, 3.63) is 46.4 Å². The first kappa shape index (κ1) is 18.9. The van der Waals surface area contributed by atoms with Crippen LogP contribution in [0.25, 0.3) is 11.0 Å². The topological polar surface area (TPSA) is 67.0 Å². The Balaban J connectivity index is 1.69. The lowest BCUT2D eigenvalue weighted by atomic mass is 10.3. The summed E-state index contributed by atoms with van der Waals surface area (Å²) in [5, 5.41) is 4.02. The Kier molecular flexibility index (Phi) is 5.96. The van der Waals surface area contributed by atoms with Crippen molar-refractivity contribution in [3.8, 4) is 5.75 Å². The largest absolute Gasteiger partial charge is 0.494 e. The first-order valence-corrected chi connectivity index (χ1v) is 9.65. The van der Waals surface area contributed by atoms with E-state index in [0.29, 0.717) is 27.5 Å². The number of aromatic nitrogens is 2. The summed E-state index contributed by atoms with van der Waals surface area (Å²) < 4.78 is 5.49. The Morgan fingerprint density at radius 2 is 2.12 bits per heavy atom. The number of H-pyrrole nitrogens is 1. The molecular formula is C18H17Cl2N3O2S. The predicted octanol–water partition coefficient (Wildman–Crippen LogP) is 5.39. The highest BCUT2D eigenvalue weighted by Gasteiger charge is 2.18. The van der Waals surface area contributed by atoms with Gasteiger partial charge in [0, 0.05) is 11.1 Å². The molecule has 0 saturated carbocycles. The summed E-state index contributed by atoms with van der Waals surface area (Å²) in [4.78, 5) is 20.1. The fourth-order valence-corrected chi connectivity index (χ4v) is 3.60. The molecule has 8 heteroatoms. The molecule has 1 aromatic heterocycles. The predicted molar refractivity (Wildman–Crippen MR) is 108 cm³/mol. The van der Waals surface area contributed by atoms with Crippen LogP contribution in [0.15, 0.2) is 41.6 Å². The van der Waals surface area contributed by atoms with Crippen molar-refractivity contribution in [2.24, 2.45) is 0 Å². The summed E-state index contributed by atoms with van der Waals surface area (Å²) in [6.07, 6.45) is 0. The number of ether oxygens (including phenoxy) is 1. The van der Waals surface area contributed by atoms with Gasteiger partial charge in [0.1, 0.15) is 5.75 Å². The van der Waals surface area contributed by atoms with Crippen molar-refractivity contribution in [3.63, 3.8) is 0 Å². The molecule has 26 heavy (non-hydrogen) atoms. The van der Waals surface area contributed by atoms with E-state index >= 15 is 0 Å². The maximum Gasteiger partial charge on any atom is 0.237 e. The number of nitrogens with zero attached hydrogens (tertiary/aromatic N) is 1. The van der Waals surface area contributed by atoms with E-state index in [2.05, 4.69) is 15.3 Å². The lowest BCUT2D eigenvalue weighted by Gasteiger charge is -2.11. The molecule has 0 saturated heterocycles. The van der Waals surface area contributed by atoms with Crippen LogP contribution in [0.3, 0.4) is 0 Å². The second-order valence-corrected chi connectivity index (χ2v) is 7.70. The molecule has 0 bridgehead atoms. The monoisotopic (exact) mass is 409 g/mol. The van der Waals surface area contributed by atoms with Gasteiger partial charge in [-0.2, -0.15) is 0 Å². The third-order valence-corrected chi connectivity index (χ3v) is 5.12. The molecule has 0 spiro atoms. The van der Waals surface area contributed by atoms with E-state index < -0.39 is 0 Å². The van der Waals surface area contributed by atoms with Crippen LogP contribution in [-0.2, 0) is 4.79 Å². The van der Waals surface area contributed by atoms with Crippen LogP contribution >= 0.6 is 35.0 Å². The van der Waals surface area contributed by atoms with Crippen LogP contribution in [0.4, 0.5) is 5.69 Å². The summed E-state index contributed by atoms with van der Waals surface area (Å²) >= 11 is 13.3. The fourth-order valence-electron chi connectivity index (χ4n) is 2.32. The molecular weight excluding hydrogens is 393 g/mol. The van der Waals surface area contributed by atoms with Crippen molar-refractivity contribution >= 4 is 57.6 Å². The highest BCUT2D eigenvalue weighted by molar-refractivity contribution is 8.00. The van der Waals surface area contributed by atoms with Crippen molar-refractivity contribution in [1.29, 1.82) is 0 Å². The maximum absolute atomic E-state index is 12.4. The zero-order valence-electron chi connectivity index (χ0n) is 14.2. The SMILES string of the molecule is CCOc1ccc2nc(SC(C)C(=O)Nc3ccc(Cl)cc3Cl)[nH]c2c1. The van der Waals surface area contributed by atoms with Gasteiger partial charge >= 0.3 is 0 Å². The number of imidazole rings is 1. The third-order valence-electron chi connectivity index (χ3n) is 3.59. The van der Waals surface area contributed by atoms with Crippen LogP contribution in [0.5, 0.6) is 5.75 Å². The number of carbonyl (C=O) groups is 1. The molecule has 2 N–H and O–H groups in total. The van der Waals surface area contributed by atoms with Gasteiger partial charge in [-0.05, 0) is 44.2 Å². The lowest BCUT2D eigenvalue weighted by molar-refractivity contribution is -0.115. The number of fused-ring (bicyclic) bond motifs is 1. The van der Waals surface area contributed by atoms with Gasteiger partial charge in [0.15, 0.2) is 5.16 Å². The first-order chi connectivity index (χ1) is 12.5. The molecule has 1 heterocycles. The second kappa shape index (κ2) is 8.20. The molecule has 1 unspecified atom stereocenters. The van der Waals surface area contributed by atoms with Gasteiger partial charge in [0.25, 0.3) is 0 Å². The van der Waals surface area contributed by atoms with E-state index in [0.717, 1.165) is 16.8 Å². The van der Waals surface area contributed by atoms with Crippen molar-refractivity contribution in [2.75, 3.05) is 11.9 Å². The van der Waals surface area contributed by atoms with Gasteiger partial charge in [-0.25, -0.2) is 4.98 Å². The molecule has 1 amide bonds. The van der Waals surface area contributed by atoms with Crippen LogP contribution < -0.4 is 10.1 Å². The number of hydrogen-bond acceptors (Lipinski definition) is 4. The number of hydrogen-bond donors (Lipinski definition) is 2. The van der Waals surface area contributed by atoms with E-state index in [4.69, 9.17) is 27.9 Å². The number of benzene rings is 2. The molecule has 136 valence electrons. The minimum Gasteiger partial charge on any atom is -0.494 e. The van der Waals surface area contributed by atoms with E-state index in [1.165, 1.54) is 11.8 Å². The number of nitrogens with one attached hydrogen (secondary N) is 2. The van der Waals surface area contributed by atoms with Crippen LogP contribution in [0.2, 0.25) is 10.0 Å². The van der Waals surface area contributed by atoms with Gasteiger partial charge < -0.3 is 15.0 Å². The maximum atomic E-state index is 12.4. The molecule has 3 aromatic rings.